The molecule has 0 aliphatic carbocycles. The van der Waals surface area contributed by atoms with Gasteiger partial charge in [0.2, 0.25) is 5.91 Å². The Labute approximate surface area is 144 Å². The van der Waals surface area contributed by atoms with Crippen LogP contribution in [0.3, 0.4) is 0 Å². The molecule has 0 unspecified atom stereocenters. The van der Waals surface area contributed by atoms with Crippen molar-refractivity contribution in [2.24, 2.45) is 0 Å². The maximum absolute atomic E-state index is 12.4. The normalized spacial score (nSPS) is 15.5. The molecule has 1 saturated heterocycles. The van der Waals surface area contributed by atoms with Gasteiger partial charge >= 0.3 is 0 Å². The minimum Gasteiger partial charge on any atom is -0.340 e. The van der Waals surface area contributed by atoms with Crippen molar-refractivity contribution in [2.75, 3.05) is 26.2 Å². The van der Waals surface area contributed by atoms with Gasteiger partial charge in [-0.25, -0.2) is 0 Å². The molecule has 0 N–H and O–H groups in total. The maximum Gasteiger partial charge on any atom is 0.222 e. The molecule has 1 amide bonds. The van der Waals surface area contributed by atoms with E-state index in [0.717, 1.165) is 39.1 Å². The highest BCUT2D eigenvalue weighted by molar-refractivity contribution is 5.76. The first kappa shape index (κ1) is 16.7. The fraction of sp³-hybridized carbons (Fsp3) is 0.400. The van der Waals surface area contributed by atoms with Crippen LogP contribution in [-0.4, -0.2) is 46.9 Å². The van der Waals surface area contributed by atoms with Gasteiger partial charge in [0.1, 0.15) is 0 Å². The van der Waals surface area contributed by atoms with E-state index in [0.29, 0.717) is 6.42 Å². The van der Waals surface area contributed by atoms with Gasteiger partial charge in [-0.1, -0.05) is 29.8 Å². The summed E-state index contributed by atoms with van der Waals surface area (Å²) in [5.41, 5.74) is 3.78. The van der Waals surface area contributed by atoms with Crippen molar-refractivity contribution in [3.63, 3.8) is 0 Å². The molecule has 126 valence electrons. The van der Waals surface area contributed by atoms with Crippen molar-refractivity contribution in [2.45, 2.75) is 26.3 Å². The largest absolute Gasteiger partial charge is 0.340 e. The van der Waals surface area contributed by atoms with Crippen molar-refractivity contribution in [3.05, 3.63) is 65.5 Å². The minimum atomic E-state index is 0.277. The third-order valence-electron chi connectivity index (χ3n) is 4.63. The van der Waals surface area contributed by atoms with Crippen LogP contribution in [0.5, 0.6) is 0 Å². The molecule has 3 rings (SSSR count). The number of pyridine rings is 1. The number of aromatic nitrogens is 1. The lowest BCUT2D eigenvalue weighted by molar-refractivity contribution is -0.133. The summed E-state index contributed by atoms with van der Waals surface area (Å²) < 4.78 is 0. The van der Waals surface area contributed by atoms with E-state index in [1.807, 2.05) is 17.3 Å². The molecule has 1 aliphatic rings. The van der Waals surface area contributed by atoms with E-state index >= 15 is 0 Å². The molecule has 2 aromatic rings. The lowest BCUT2D eigenvalue weighted by atomic mass is 10.1. The zero-order valence-electron chi connectivity index (χ0n) is 14.3. The number of rotatable bonds is 5. The highest BCUT2D eigenvalue weighted by atomic mass is 16.2. The Kier molecular flexibility index (Phi) is 5.59. The number of benzene rings is 1. The molecule has 0 radical (unpaired) electrons. The van der Waals surface area contributed by atoms with Crippen LogP contribution < -0.4 is 0 Å². The Hall–Kier alpha value is -2.20. The molecule has 4 nitrogen and oxygen atoms in total. The Morgan fingerprint density at radius 3 is 2.29 bits per heavy atom. The van der Waals surface area contributed by atoms with Crippen LogP contribution in [0.1, 0.15) is 23.1 Å². The van der Waals surface area contributed by atoms with Gasteiger partial charge in [-0.2, -0.15) is 0 Å². The number of carbonyl (C=O) groups excluding carboxylic acids is 1. The fourth-order valence-electron chi connectivity index (χ4n) is 3.07. The Morgan fingerprint density at radius 2 is 1.62 bits per heavy atom. The molecule has 0 saturated carbocycles. The van der Waals surface area contributed by atoms with E-state index in [1.165, 1.54) is 16.7 Å². The van der Waals surface area contributed by atoms with Gasteiger partial charge in [0.25, 0.3) is 0 Å². The molecule has 1 aromatic heterocycles. The second-order valence-electron chi connectivity index (χ2n) is 6.50. The Bertz CT molecular complexity index is 646. The smallest absolute Gasteiger partial charge is 0.222 e. The maximum atomic E-state index is 12.4. The summed E-state index contributed by atoms with van der Waals surface area (Å²) in [7, 11) is 0. The summed E-state index contributed by atoms with van der Waals surface area (Å²) in [5.74, 6) is 0.277. The average molecular weight is 323 g/mol. The van der Waals surface area contributed by atoms with Gasteiger partial charge in [0, 0.05) is 51.5 Å². The molecule has 1 aromatic carbocycles. The van der Waals surface area contributed by atoms with Crippen molar-refractivity contribution < 1.29 is 4.79 Å². The van der Waals surface area contributed by atoms with Gasteiger partial charge in [-0.15, -0.1) is 0 Å². The van der Waals surface area contributed by atoms with E-state index in [2.05, 4.69) is 53.2 Å². The van der Waals surface area contributed by atoms with Gasteiger partial charge in [-0.3, -0.25) is 14.7 Å². The summed E-state index contributed by atoms with van der Waals surface area (Å²) in [6, 6.07) is 12.6. The van der Waals surface area contributed by atoms with E-state index < -0.39 is 0 Å². The van der Waals surface area contributed by atoms with E-state index in [-0.39, 0.29) is 5.91 Å². The molecule has 1 fully saturated rings. The third-order valence-corrected chi connectivity index (χ3v) is 4.63. The van der Waals surface area contributed by atoms with E-state index in [1.54, 1.807) is 0 Å². The predicted molar refractivity (Wildman–Crippen MR) is 95.6 cm³/mol. The number of aryl methyl sites for hydroxylation is 2. The number of carbonyl (C=O) groups is 1. The Balaban J connectivity index is 1.42. The first-order valence-corrected chi connectivity index (χ1v) is 8.65. The molecule has 0 spiro atoms. The Morgan fingerprint density at radius 1 is 0.958 bits per heavy atom. The third kappa shape index (κ3) is 4.65. The number of hydrogen-bond acceptors (Lipinski definition) is 3. The molecule has 1 aliphatic heterocycles. The second kappa shape index (κ2) is 8.06. The van der Waals surface area contributed by atoms with Crippen molar-refractivity contribution in [3.8, 4) is 0 Å². The van der Waals surface area contributed by atoms with Crippen molar-refractivity contribution >= 4 is 5.91 Å². The number of piperazine rings is 1. The van der Waals surface area contributed by atoms with Crippen LogP contribution in [0.25, 0.3) is 0 Å². The van der Waals surface area contributed by atoms with Gasteiger partial charge in [-0.05, 0) is 36.6 Å². The molecular weight excluding hydrogens is 298 g/mol. The second-order valence-corrected chi connectivity index (χ2v) is 6.50. The first-order valence-electron chi connectivity index (χ1n) is 8.65. The van der Waals surface area contributed by atoms with Gasteiger partial charge < -0.3 is 4.90 Å². The van der Waals surface area contributed by atoms with Gasteiger partial charge in [0.15, 0.2) is 0 Å². The highest BCUT2D eigenvalue weighted by Crippen LogP contribution is 2.11. The van der Waals surface area contributed by atoms with E-state index in [9.17, 15) is 4.79 Å². The first-order chi connectivity index (χ1) is 11.7. The van der Waals surface area contributed by atoms with Gasteiger partial charge in [0.05, 0.1) is 0 Å². The monoisotopic (exact) mass is 323 g/mol. The van der Waals surface area contributed by atoms with Crippen LogP contribution in [0.2, 0.25) is 0 Å². The summed E-state index contributed by atoms with van der Waals surface area (Å²) in [5, 5.41) is 0. The zero-order valence-corrected chi connectivity index (χ0v) is 14.3. The predicted octanol–water partition coefficient (Wildman–Crippen LogP) is 2.67. The molecule has 2 heterocycles. The minimum absolute atomic E-state index is 0.277. The van der Waals surface area contributed by atoms with Crippen LogP contribution in [0.15, 0.2) is 48.8 Å². The standard InChI is InChI=1S/C20H25N3O/c1-17-2-4-18(5-3-17)6-7-20(24)23-14-12-22(13-15-23)16-19-8-10-21-11-9-19/h2-5,8-11H,6-7,12-16H2,1H3. The summed E-state index contributed by atoms with van der Waals surface area (Å²) in [6.07, 6.45) is 5.10. The summed E-state index contributed by atoms with van der Waals surface area (Å²) in [6.45, 7) is 6.57. The van der Waals surface area contributed by atoms with Crippen LogP contribution in [0, 0.1) is 6.92 Å². The molecule has 4 heteroatoms. The van der Waals surface area contributed by atoms with Crippen molar-refractivity contribution in [1.29, 1.82) is 0 Å². The molecule has 0 bridgehead atoms. The lowest BCUT2D eigenvalue weighted by Crippen LogP contribution is -2.48. The van der Waals surface area contributed by atoms with E-state index in [4.69, 9.17) is 0 Å². The van der Waals surface area contributed by atoms with Crippen LogP contribution in [0.4, 0.5) is 0 Å². The summed E-state index contributed by atoms with van der Waals surface area (Å²) >= 11 is 0. The number of hydrogen-bond donors (Lipinski definition) is 0. The highest BCUT2D eigenvalue weighted by Gasteiger charge is 2.20. The van der Waals surface area contributed by atoms with Crippen molar-refractivity contribution in [1.82, 2.24) is 14.8 Å². The zero-order chi connectivity index (χ0) is 16.8. The number of nitrogens with zero attached hydrogens (tertiary/aromatic N) is 3. The van der Waals surface area contributed by atoms with Crippen LogP contribution >= 0.6 is 0 Å². The number of amides is 1. The molecular formula is C20H25N3O. The van der Waals surface area contributed by atoms with Crippen LogP contribution in [-0.2, 0) is 17.8 Å². The lowest BCUT2D eigenvalue weighted by Gasteiger charge is -2.34. The molecule has 0 atom stereocenters. The average Bonchev–Trinajstić information content (AvgIpc) is 2.62. The topological polar surface area (TPSA) is 36.4 Å². The fourth-order valence-corrected chi connectivity index (χ4v) is 3.07. The summed E-state index contributed by atoms with van der Waals surface area (Å²) in [4.78, 5) is 20.9. The SMILES string of the molecule is Cc1ccc(CCC(=O)N2CCN(Cc3ccncc3)CC2)cc1. The molecule has 24 heavy (non-hydrogen) atoms. The quantitative estimate of drug-likeness (QED) is 0.849.